The number of carbonyl (C=O) groups is 1. The molecule has 1 amide bonds. The summed E-state index contributed by atoms with van der Waals surface area (Å²) in [7, 11) is 5.65. The highest BCUT2D eigenvalue weighted by molar-refractivity contribution is 6.02. The average Bonchev–Trinajstić information content (AvgIpc) is 2.96. The molecule has 0 saturated carbocycles. The fourth-order valence-electron chi connectivity index (χ4n) is 4.83. The van der Waals surface area contributed by atoms with Crippen LogP contribution in [0.15, 0.2) is 59.9 Å². The van der Waals surface area contributed by atoms with E-state index in [0.29, 0.717) is 23.2 Å². The number of nitrogens with zero attached hydrogens (tertiary/aromatic N) is 3. The summed E-state index contributed by atoms with van der Waals surface area (Å²) in [5.41, 5.74) is 10.5. The first-order chi connectivity index (χ1) is 20.1. The number of aliphatic hydroxyl groups excluding tert-OH is 1. The van der Waals surface area contributed by atoms with Crippen LogP contribution >= 0.6 is 0 Å². The molecule has 8 N–H and O–H groups in total. The van der Waals surface area contributed by atoms with Gasteiger partial charge in [-0.3, -0.25) is 4.79 Å². The highest BCUT2D eigenvalue weighted by Gasteiger charge is 2.24. The largest absolute Gasteiger partial charge is 0.494 e. The minimum Gasteiger partial charge on any atom is -0.494 e. The monoisotopic (exact) mass is 586 g/mol. The molecule has 11 nitrogen and oxygen atoms in total. The second-order valence-electron chi connectivity index (χ2n) is 10.0. The lowest BCUT2D eigenvalue weighted by molar-refractivity contribution is -0.111. The number of amides is 1. The molecule has 1 heterocycles. The van der Waals surface area contributed by atoms with Gasteiger partial charge in [-0.2, -0.15) is 0 Å². The summed E-state index contributed by atoms with van der Waals surface area (Å²) in [5, 5.41) is 15.3. The average molecular weight is 587 g/mol. The molecular weight excluding hydrogens is 546 g/mol. The number of nitrogens with two attached hydrogens (primary N) is 2. The third-order valence-electron chi connectivity index (χ3n) is 7.06. The van der Waals surface area contributed by atoms with Gasteiger partial charge in [0, 0.05) is 49.5 Å². The topological polar surface area (TPSA) is 154 Å². The molecule has 0 spiro atoms. The Morgan fingerprint density at radius 3 is 2.57 bits per heavy atom. The number of methoxy groups -OCH3 is 1. The number of anilines is 2. The van der Waals surface area contributed by atoms with Crippen molar-refractivity contribution < 1.29 is 23.4 Å². The van der Waals surface area contributed by atoms with E-state index in [-0.39, 0.29) is 36.2 Å². The van der Waals surface area contributed by atoms with Gasteiger partial charge in [-0.1, -0.05) is 12.6 Å². The molecule has 1 atom stereocenters. The van der Waals surface area contributed by atoms with Crippen molar-refractivity contribution in [2.75, 3.05) is 51.1 Å². The number of benzene rings is 2. The predicted molar refractivity (Wildman–Crippen MR) is 161 cm³/mol. The van der Waals surface area contributed by atoms with Crippen LogP contribution in [0.1, 0.15) is 30.9 Å². The molecule has 2 aromatic rings. The highest BCUT2D eigenvalue weighted by Crippen LogP contribution is 2.40. The van der Waals surface area contributed by atoms with Crippen LogP contribution in [-0.4, -0.2) is 68.7 Å². The number of halogens is 2. The zero-order chi connectivity index (χ0) is 30.8. The fraction of sp³-hybridized carbons (Fsp3) is 0.379. The van der Waals surface area contributed by atoms with Crippen LogP contribution in [0.2, 0.25) is 0 Å². The summed E-state index contributed by atoms with van der Waals surface area (Å²) in [4.78, 5) is 21.2. The molecule has 0 unspecified atom stereocenters. The first kappa shape index (κ1) is 32.3. The maximum absolute atomic E-state index is 14.5. The number of piperidine rings is 1. The van der Waals surface area contributed by atoms with Crippen LogP contribution < -0.4 is 37.3 Å². The molecule has 3 rings (SSSR count). The third-order valence-corrected chi connectivity index (χ3v) is 7.06. The van der Waals surface area contributed by atoms with Crippen LogP contribution in [0.4, 0.5) is 25.8 Å². The highest BCUT2D eigenvalue weighted by atomic mass is 19.1. The number of hydrazine groups is 1. The van der Waals surface area contributed by atoms with Gasteiger partial charge in [0.1, 0.15) is 34.7 Å². The van der Waals surface area contributed by atoms with Crippen LogP contribution in [0, 0.1) is 11.6 Å². The Labute approximate surface area is 244 Å². The quantitative estimate of drug-likeness (QED) is 0.0684. The molecule has 0 aliphatic carbocycles. The molecule has 2 aromatic carbocycles. The standard InChI is InChI=1S/C29H40F2N8O3/c1-5-29(41)36-23-15-24(26(42-4)16-25(23)39-11-8-19(9-12-39)38(2)3)34-27(32)17-28(37-33)35-22(10-13-40)20-7-6-18(30)14-21(20)31/h5-7,14-17,19,22,35,37,40H,1,8-13,33H2,2-4H3,(H2,32,34)(H,36,41)/b28-17-/t22-/m1/s1. The lowest BCUT2D eigenvalue weighted by Crippen LogP contribution is -2.42. The number of aliphatic imine (C=N–C) groups is 1. The molecule has 42 heavy (non-hydrogen) atoms. The first-order valence-corrected chi connectivity index (χ1v) is 13.5. The molecule has 1 aliphatic heterocycles. The Balaban J connectivity index is 1.94. The second kappa shape index (κ2) is 15.1. The van der Waals surface area contributed by atoms with E-state index in [1.807, 2.05) is 0 Å². The van der Waals surface area contributed by atoms with Crippen molar-refractivity contribution in [1.29, 1.82) is 0 Å². The zero-order valence-electron chi connectivity index (χ0n) is 24.2. The van der Waals surface area contributed by atoms with E-state index in [2.05, 4.69) is 51.5 Å². The SMILES string of the molecule is C=CC(=O)Nc1cc(N=C(N)/C=C(\NN)N[C@H](CCO)c2ccc(F)cc2F)c(OC)cc1N1CCC(N(C)C)CC1. The molecule has 0 radical (unpaired) electrons. The van der Waals surface area contributed by atoms with Crippen LogP contribution in [0.25, 0.3) is 0 Å². The molecule has 1 aliphatic rings. The summed E-state index contributed by atoms with van der Waals surface area (Å²) in [6.07, 6.45) is 4.59. The van der Waals surface area contributed by atoms with Crippen molar-refractivity contribution in [3.05, 3.63) is 72.1 Å². The Morgan fingerprint density at radius 1 is 1.29 bits per heavy atom. The number of hydrogen-bond acceptors (Lipinski definition) is 9. The second-order valence-corrected chi connectivity index (χ2v) is 10.0. The van der Waals surface area contributed by atoms with Gasteiger partial charge in [-0.05, 0) is 51.6 Å². The number of amidine groups is 1. The molecule has 13 heteroatoms. The van der Waals surface area contributed by atoms with Crippen LogP contribution in [0.3, 0.4) is 0 Å². The van der Waals surface area contributed by atoms with Crippen LogP contribution in [0.5, 0.6) is 5.75 Å². The van der Waals surface area contributed by atoms with E-state index in [9.17, 15) is 18.7 Å². The maximum atomic E-state index is 14.5. The van der Waals surface area contributed by atoms with Crippen molar-refractivity contribution in [3.63, 3.8) is 0 Å². The fourth-order valence-corrected chi connectivity index (χ4v) is 4.83. The van der Waals surface area contributed by atoms with Gasteiger partial charge in [0.2, 0.25) is 5.91 Å². The molecule has 0 aromatic heterocycles. The van der Waals surface area contributed by atoms with Crippen molar-refractivity contribution in [2.45, 2.75) is 31.3 Å². The predicted octanol–water partition coefficient (Wildman–Crippen LogP) is 2.64. The lowest BCUT2D eigenvalue weighted by atomic mass is 10.0. The van der Waals surface area contributed by atoms with Crippen LogP contribution in [-0.2, 0) is 4.79 Å². The van der Waals surface area contributed by atoms with E-state index in [4.69, 9.17) is 16.3 Å². The van der Waals surface area contributed by atoms with E-state index in [1.54, 1.807) is 12.1 Å². The van der Waals surface area contributed by atoms with Gasteiger partial charge >= 0.3 is 0 Å². The smallest absolute Gasteiger partial charge is 0.247 e. The van der Waals surface area contributed by atoms with Gasteiger partial charge in [-0.15, -0.1) is 0 Å². The number of hydrogen-bond donors (Lipinski definition) is 6. The van der Waals surface area contributed by atoms with E-state index >= 15 is 0 Å². The van der Waals surface area contributed by atoms with Gasteiger partial charge in [0.25, 0.3) is 0 Å². The van der Waals surface area contributed by atoms with Crippen molar-refractivity contribution in [1.82, 2.24) is 15.6 Å². The molecule has 0 bridgehead atoms. The summed E-state index contributed by atoms with van der Waals surface area (Å²) < 4.78 is 33.5. The Hall–Kier alpha value is -4.20. The summed E-state index contributed by atoms with van der Waals surface area (Å²) in [6, 6.07) is 6.37. The minimum absolute atomic E-state index is 0.00313. The molecule has 1 fully saturated rings. The van der Waals surface area contributed by atoms with Crippen molar-refractivity contribution in [3.8, 4) is 5.75 Å². The van der Waals surface area contributed by atoms with Gasteiger partial charge in [0.15, 0.2) is 0 Å². The Kier molecular flexibility index (Phi) is 11.7. The number of aliphatic hydroxyl groups is 1. The normalized spacial score (nSPS) is 15.4. The number of ether oxygens (including phenoxy) is 1. The number of rotatable bonds is 13. The van der Waals surface area contributed by atoms with E-state index in [1.165, 1.54) is 25.3 Å². The van der Waals surface area contributed by atoms with E-state index in [0.717, 1.165) is 43.8 Å². The van der Waals surface area contributed by atoms with Crippen molar-refractivity contribution >= 4 is 28.8 Å². The molecular formula is C29H40F2N8O3. The summed E-state index contributed by atoms with van der Waals surface area (Å²) in [6.45, 7) is 4.85. The number of nitrogens with one attached hydrogen (secondary N) is 3. The molecule has 228 valence electrons. The van der Waals surface area contributed by atoms with Gasteiger partial charge in [-0.25, -0.2) is 19.6 Å². The summed E-state index contributed by atoms with van der Waals surface area (Å²) >= 11 is 0. The van der Waals surface area contributed by atoms with Gasteiger partial charge < -0.3 is 41.4 Å². The maximum Gasteiger partial charge on any atom is 0.247 e. The van der Waals surface area contributed by atoms with E-state index < -0.39 is 17.7 Å². The third kappa shape index (κ3) is 8.41. The lowest BCUT2D eigenvalue weighted by Gasteiger charge is -2.37. The minimum atomic E-state index is -0.774. The van der Waals surface area contributed by atoms with Crippen molar-refractivity contribution in [2.24, 2.45) is 16.6 Å². The molecule has 1 saturated heterocycles. The van der Waals surface area contributed by atoms with Gasteiger partial charge in [0.05, 0.1) is 24.5 Å². The zero-order valence-corrected chi connectivity index (χ0v) is 24.2. The summed E-state index contributed by atoms with van der Waals surface area (Å²) in [5.74, 6) is 4.40. The number of carbonyl (C=O) groups excluding carboxylic acids is 1. The Bertz CT molecular complexity index is 1310. The Morgan fingerprint density at radius 2 is 2.00 bits per heavy atom. The first-order valence-electron chi connectivity index (χ1n) is 13.5.